The molecule has 0 radical (unpaired) electrons. The van der Waals surface area contributed by atoms with Crippen molar-refractivity contribution in [2.75, 3.05) is 27.2 Å². The van der Waals surface area contributed by atoms with Crippen LogP contribution in [0.5, 0.6) is 0 Å². The maximum absolute atomic E-state index is 12.8. The zero-order valence-electron chi connectivity index (χ0n) is 28.1. The lowest BCUT2D eigenvalue weighted by Gasteiger charge is -2.27. The maximum atomic E-state index is 12.8. The van der Waals surface area contributed by atoms with E-state index in [1.54, 1.807) is 0 Å². The Morgan fingerprint density at radius 2 is 1.00 bits per heavy atom. The van der Waals surface area contributed by atoms with Crippen LogP contribution in [0.1, 0.15) is 156 Å². The van der Waals surface area contributed by atoms with E-state index < -0.39 is 0 Å². The number of unbranched alkanes of at least 4 members (excludes halogenated alkanes) is 12. The number of rotatable bonds is 29. The van der Waals surface area contributed by atoms with Crippen molar-refractivity contribution in [1.29, 1.82) is 0 Å². The molecule has 0 saturated carbocycles. The molecule has 0 aliphatic rings. The number of hydrogen-bond acceptors (Lipinski definition) is 3. The number of nitrogens with zero attached hydrogens (tertiary/aromatic N) is 1. The Morgan fingerprint density at radius 3 is 1.39 bits per heavy atom. The van der Waals surface area contributed by atoms with Gasteiger partial charge in [-0.1, -0.05) is 95.8 Å². The highest BCUT2D eigenvalue weighted by Crippen LogP contribution is 2.27. The quantitative estimate of drug-likeness (QED) is 0.0713. The van der Waals surface area contributed by atoms with E-state index in [1.807, 2.05) is 14.1 Å². The number of likely N-dealkylation sites (N-methyl/N-ethyl adjacent to an activating group) is 1. The zero-order chi connectivity index (χ0) is 30.2. The summed E-state index contributed by atoms with van der Waals surface area (Å²) in [5, 5.41) is 2.99. The fourth-order valence-corrected chi connectivity index (χ4v) is 5.14. The van der Waals surface area contributed by atoms with Gasteiger partial charge >= 0.3 is 6.09 Å². The van der Waals surface area contributed by atoms with Crippen molar-refractivity contribution < 1.29 is 9.53 Å². The highest BCUT2D eigenvalue weighted by atomic mass is 16.6. The van der Waals surface area contributed by atoms with Crippen molar-refractivity contribution >= 4 is 6.09 Å². The molecule has 1 amide bonds. The van der Waals surface area contributed by atoms with Gasteiger partial charge in [0.2, 0.25) is 0 Å². The minimum atomic E-state index is -0.247. The van der Waals surface area contributed by atoms with Gasteiger partial charge in [0, 0.05) is 13.1 Å². The van der Waals surface area contributed by atoms with Gasteiger partial charge in [-0.25, -0.2) is 4.79 Å². The lowest BCUT2D eigenvalue weighted by atomic mass is 9.87. The third-order valence-electron chi connectivity index (χ3n) is 7.79. The molecule has 4 heteroatoms. The summed E-state index contributed by atoms with van der Waals surface area (Å²) in [7, 11) is 4.05. The van der Waals surface area contributed by atoms with Gasteiger partial charge in [0.25, 0.3) is 0 Å². The van der Waals surface area contributed by atoms with E-state index in [-0.39, 0.29) is 12.2 Å². The lowest BCUT2D eigenvalue weighted by molar-refractivity contribution is 0.0473. The Kier molecular flexibility index (Phi) is 30.2. The third-order valence-corrected chi connectivity index (χ3v) is 7.79. The predicted octanol–water partition coefficient (Wildman–Crippen LogP) is 11.2. The van der Waals surface area contributed by atoms with E-state index in [0.717, 1.165) is 51.5 Å². The molecular formula is C37H70N2O2. The number of ether oxygens (including phenoxy) is 1. The molecule has 0 bridgehead atoms. The second-order valence-electron chi connectivity index (χ2n) is 12.1. The number of hydrogen-bond donors (Lipinski definition) is 1. The van der Waals surface area contributed by atoms with Crippen molar-refractivity contribution in [2.45, 2.75) is 162 Å². The summed E-state index contributed by atoms with van der Waals surface area (Å²) in [6.07, 6.45) is 39.1. The number of allylic oxidation sites excluding steroid dienone is 6. The number of carbonyl (C=O) groups is 1. The van der Waals surface area contributed by atoms with Crippen LogP contribution < -0.4 is 5.32 Å². The minimum absolute atomic E-state index is 0.00934. The standard InChI is InChI=1S/C37H70N2O2/c1-6-9-12-15-18-21-24-27-30-35(31-28-25-22-19-16-13-10-7-2)36(41-37(40)38-33-34-39(4)5)32-29-26-23-20-17-14-11-8-3/h18-23,35-36H,6-17,24-34H2,1-5H3,(H,38,40)/b21-18+,22-19+,23-20+. The fourth-order valence-electron chi connectivity index (χ4n) is 5.14. The van der Waals surface area contributed by atoms with Crippen LogP contribution in [0.4, 0.5) is 4.79 Å². The molecule has 0 fully saturated rings. The Balaban J connectivity index is 5.11. The molecule has 0 aliphatic heterocycles. The molecule has 240 valence electrons. The molecule has 0 spiro atoms. The van der Waals surface area contributed by atoms with E-state index >= 15 is 0 Å². The summed E-state index contributed by atoms with van der Waals surface area (Å²) in [5.41, 5.74) is 0. The molecule has 0 aromatic rings. The lowest BCUT2D eigenvalue weighted by Crippen LogP contribution is -2.36. The van der Waals surface area contributed by atoms with Crippen LogP contribution in [0.3, 0.4) is 0 Å². The smallest absolute Gasteiger partial charge is 0.407 e. The van der Waals surface area contributed by atoms with Crippen molar-refractivity contribution in [3.63, 3.8) is 0 Å². The van der Waals surface area contributed by atoms with E-state index in [2.05, 4.69) is 67.4 Å². The Hall–Kier alpha value is -1.55. The first-order chi connectivity index (χ1) is 20.0. The summed E-state index contributed by atoms with van der Waals surface area (Å²) in [6, 6.07) is 0. The van der Waals surface area contributed by atoms with E-state index in [0.29, 0.717) is 12.5 Å². The van der Waals surface area contributed by atoms with E-state index in [9.17, 15) is 4.79 Å². The molecule has 0 heterocycles. The molecule has 0 saturated heterocycles. The van der Waals surface area contributed by atoms with Gasteiger partial charge in [0.05, 0.1) is 0 Å². The van der Waals surface area contributed by atoms with Crippen LogP contribution in [-0.2, 0) is 4.74 Å². The number of nitrogens with one attached hydrogen (secondary N) is 1. The average molecular weight is 575 g/mol. The monoisotopic (exact) mass is 575 g/mol. The fraction of sp³-hybridized carbons (Fsp3) is 0.811. The van der Waals surface area contributed by atoms with Gasteiger partial charge < -0.3 is 15.0 Å². The van der Waals surface area contributed by atoms with Crippen molar-refractivity contribution in [1.82, 2.24) is 10.2 Å². The number of amides is 1. The van der Waals surface area contributed by atoms with Crippen LogP contribution in [0, 0.1) is 5.92 Å². The van der Waals surface area contributed by atoms with Crippen LogP contribution in [0.25, 0.3) is 0 Å². The van der Waals surface area contributed by atoms with Crippen LogP contribution in [-0.4, -0.2) is 44.3 Å². The highest BCUT2D eigenvalue weighted by Gasteiger charge is 2.24. The Labute approximate surface area is 256 Å². The molecule has 4 nitrogen and oxygen atoms in total. The SMILES string of the molecule is CCCCC/C=C/CCCC(CCC/C=C/CCCCC)C(CCC/C=C/CCCCC)OC(=O)NCCN(C)C. The van der Waals surface area contributed by atoms with Gasteiger partial charge in [-0.15, -0.1) is 0 Å². The summed E-state index contributed by atoms with van der Waals surface area (Å²) in [6.45, 7) is 8.22. The maximum Gasteiger partial charge on any atom is 0.407 e. The van der Waals surface area contributed by atoms with E-state index in [1.165, 1.54) is 89.9 Å². The molecule has 0 aliphatic carbocycles. The van der Waals surface area contributed by atoms with Gasteiger partial charge in [-0.05, 0) is 116 Å². The van der Waals surface area contributed by atoms with Crippen molar-refractivity contribution in [2.24, 2.45) is 5.92 Å². The van der Waals surface area contributed by atoms with Crippen LogP contribution in [0.2, 0.25) is 0 Å². The molecule has 0 aromatic heterocycles. The average Bonchev–Trinajstić information content (AvgIpc) is 2.95. The number of carbonyl (C=O) groups excluding carboxylic acids is 1. The second kappa shape index (κ2) is 31.4. The summed E-state index contributed by atoms with van der Waals surface area (Å²) in [4.78, 5) is 14.9. The van der Waals surface area contributed by atoms with Crippen LogP contribution >= 0.6 is 0 Å². The highest BCUT2D eigenvalue weighted by molar-refractivity contribution is 5.67. The van der Waals surface area contributed by atoms with E-state index in [4.69, 9.17) is 4.74 Å². The zero-order valence-corrected chi connectivity index (χ0v) is 28.1. The van der Waals surface area contributed by atoms with Crippen molar-refractivity contribution in [3.05, 3.63) is 36.5 Å². The van der Waals surface area contributed by atoms with Gasteiger partial charge in [0.15, 0.2) is 0 Å². The first-order valence-corrected chi connectivity index (χ1v) is 17.6. The molecule has 41 heavy (non-hydrogen) atoms. The molecular weight excluding hydrogens is 504 g/mol. The second-order valence-corrected chi connectivity index (χ2v) is 12.1. The Morgan fingerprint density at radius 1 is 0.610 bits per heavy atom. The minimum Gasteiger partial charge on any atom is -0.446 e. The normalized spacial score (nSPS) is 13.0. The summed E-state index contributed by atoms with van der Waals surface area (Å²) in [5.74, 6) is 0.421. The molecule has 0 aromatic carbocycles. The first-order valence-electron chi connectivity index (χ1n) is 17.6. The largest absolute Gasteiger partial charge is 0.446 e. The molecule has 1 N–H and O–H groups in total. The molecule has 1 atom stereocenters. The molecule has 0 rings (SSSR count). The third kappa shape index (κ3) is 28.3. The van der Waals surface area contributed by atoms with Gasteiger partial charge in [-0.2, -0.15) is 0 Å². The predicted molar refractivity (Wildman–Crippen MR) is 182 cm³/mol. The topological polar surface area (TPSA) is 41.6 Å². The summed E-state index contributed by atoms with van der Waals surface area (Å²) >= 11 is 0. The van der Waals surface area contributed by atoms with Crippen molar-refractivity contribution in [3.8, 4) is 0 Å². The Bertz CT molecular complexity index is 615. The number of alkyl carbamates (subject to hydrolysis) is 1. The van der Waals surface area contributed by atoms with Gasteiger partial charge in [0.1, 0.15) is 6.10 Å². The molecule has 1 unspecified atom stereocenters. The summed E-state index contributed by atoms with van der Waals surface area (Å²) < 4.78 is 6.17. The van der Waals surface area contributed by atoms with Crippen LogP contribution in [0.15, 0.2) is 36.5 Å². The first kappa shape index (κ1) is 39.5. The van der Waals surface area contributed by atoms with Gasteiger partial charge in [-0.3, -0.25) is 0 Å².